The second-order valence-electron chi connectivity index (χ2n) is 4.21. The van der Waals surface area contributed by atoms with Crippen LogP contribution in [0.1, 0.15) is 11.1 Å². The first-order valence-electron chi connectivity index (χ1n) is 6.08. The summed E-state index contributed by atoms with van der Waals surface area (Å²) in [7, 11) is 0. The third-order valence-corrected chi connectivity index (χ3v) is 2.74. The van der Waals surface area contributed by atoms with Gasteiger partial charge in [0.15, 0.2) is 0 Å². The number of nitrogens with zero attached hydrogens (tertiary/aromatic N) is 1. The molecule has 0 atom stereocenters. The molecule has 0 saturated carbocycles. The normalized spacial score (nSPS) is 9.76. The van der Waals surface area contributed by atoms with Crippen LogP contribution in [0.5, 0.6) is 0 Å². The highest BCUT2D eigenvalue weighted by atomic mass is 19.1. The van der Waals surface area contributed by atoms with Crippen molar-refractivity contribution in [3.63, 3.8) is 0 Å². The van der Waals surface area contributed by atoms with Crippen LogP contribution in [0.2, 0.25) is 0 Å². The Hall–Kier alpha value is -2.94. The number of nitriles is 1. The highest BCUT2D eigenvalue weighted by molar-refractivity contribution is 5.89. The van der Waals surface area contributed by atoms with Gasteiger partial charge in [-0.3, -0.25) is 0 Å². The van der Waals surface area contributed by atoms with Crippen molar-refractivity contribution in [1.29, 1.82) is 5.26 Å². The molecule has 2 aromatic rings. The van der Waals surface area contributed by atoms with Gasteiger partial charge in [-0.25, -0.2) is 13.6 Å². The van der Waals surface area contributed by atoms with Crippen LogP contribution in [-0.2, 0) is 6.54 Å². The largest absolute Gasteiger partial charge is 0.334 e. The topological polar surface area (TPSA) is 64.9 Å². The zero-order valence-corrected chi connectivity index (χ0v) is 10.9. The molecule has 0 aliphatic rings. The molecule has 2 N–H and O–H groups in total. The van der Waals surface area contributed by atoms with E-state index in [0.717, 1.165) is 6.07 Å². The summed E-state index contributed by atoms with van der Waals surface area (Å²) >= 11 is 0. The van der Waals surface area contributed by atoms with Crippen molar-refractivity contribution < 1.29 is 13.6 Å². The molecule has 21 heavy (non-hydrogen) atoms. The maximum atomic E-state index is 13.6. The Kier molecular flexibility index (Phi) is 4.46. The van der Waals surface area contributed by atoms with Crippen LogP contribution >= 0.6 is 0 Å². The van der Waals surface area contributed by atoms with Gasteiger partial charge in [0, 0.05) is 12.1 Å². The van der Waals surface area contributed by atoms with Gasteiger partial charge in [0.25, 0.3) is 0 Å². The van der Waals surface area contributed by atoms with E-state index in [-0.39, 0.29) is 23.4 Å². The highest BCUT2D eigenvalue weighted by Gasteiger charge is 2.08. The molecule has 4 nitrogen and oxygen atoms in total. The molecular weight excluding hydrogens is 276 g/mol. The minimum Gasteiger partial charge on any atom is -0.334 e. The Morgan fingerprint density at radius 3 is 2.57 bits per heavy atom. The van der Waals surface area contributed by atoms with Gasteiger partial charge in [-0.1, -0.05) is 18.2 Å². The van der Waals surface area contributed by atoms with Gasteiger partial charge in [0.2, 0.25) is 0 Å². The summed E-state index contributed by atoms with van der Waals surface area (Å²) < 4.78 is 26.9. The summed E-state index contributed by atoms with van der Waals surface area (Å²) in [5, 5.41) is 13.4. The quantitative estimate of drug-likeness (QED) is 0.910. The minimum absolute atomic E-state index is 0.0373. The molecule has 6 heteroatoms. The van der Waals surface area contributed by atoms with Crippen molar-refractivity contribution in [2.75, 3.05) is 5.32 Å². The van der Waals surface area contributed by atoms with Gasteiger partial charge in [0.1, 0.15) is 11.6 Å². The summed E-state index contributed by atoms with van der Waals surface area (Å²) in [6.45, 7) is -0.0716. The number of halogens is 2. The van der Waals surface area contributed by atoms with Crippen molar-refractivity contribution in [3.05, 3.63) is 65.2 Å². The summed E-state index contributed by atoms with van der Waals surface area (Å²) in [6.07, 6.45) is 0. The summed E-state index contributed by atoms with van der Waals surface area (Å²) in [6, 6.07) is 10.8. The molecule has 0 aliphatic carbocycles. The zero-order chi connectivity index (χ0) is 15.2. The average molecular weight is 287 g/mol. The number of anilines is 1. The fourth-order valence-electron chi connectivity index (χ4n) is 1.66. The fraction of sp³-hybridized carbons (Fsp3) is 0.0667. The maximum Gasteiger partial charge on any atom is 0.319 e. The number of nitrogens with one attached hydrogen (secondary N) is 2. The Morgan fingerprint density at radius 2 is 1.90 bits per heavy atom. The van der Waals surface area contributed by atoms with Crippen LogP contribution in [0.3, 0.4) is 0 Å². The summed E-state index contributed by atoms with van der Waals surface area (Å²) in [4.78, 5) is 11.6. The number of amides is 2. The fourth-order valence-corrected chi connectivity index (χ4v) is 1.66. The minimum atomic E-state index is -0.649. The van der Waals surface area contributed by atoms with Crippen LogP contribution in [0.15, 0.2) is 42.5 Å². The van der Waals surface area contributed by atoms with Crippen LogP contribution in [-0.4, -0.2) is 6.03 Å². The van der Waals surface area contributed by atoms with Crippen LogP contribution < -0.4 is 10.6 Å². The first-order valence-corrected chi connectivity index (χ1v) is 6.08. The molecule has 0 aliphatic heterocycles. The lowest BCUT2D eigenvalue weighted by atomic mass is 10.1. The standard InChI is InChI=1S/C15H11F2N3O/c16-12-3-1-2-4-14(12)20-15(21)19-9-11-6-5-10(8-18)7-13(11)17/h1-7H,9H2,(H2,19,20,21). The lowest BCUT2D eigenvalue weighted by Crippen LogP contribution is -2.28. The molecule has 0 heterocycles. The van der Waals surface area contributed by atoms with Crippen molar-refractivity contribution in [2.45, 2.75) is 6.54 Å². The van der Waals surface area contributed by atoms with Crippen molar-refractivity contribution >= 4 is 11.7 Å². The van der Waals surface area contributed by atoms with Crippen LogP contribution in [0.4, 0.5) is 19.3 Å². The molecule has 0 radical (unpaired) electrons. The summed E-state index contributed by atoms with van der Waals surface area (Å²) in [5.41, 5.74) is 0.472. The number of rotatable bonds is 3. The second kappa shape index (κ2) is 6.48. The maximum absolute atomic E-state index is 13.6. The molecule has 2 amide bonds. The lowest BCUT2D eigenvalue weighted by molar-refractivity contribution is 0.251. The van der Waals surface area contributed by atoms with Crippen LogP contribution in [0, 0.1) is 23.0 Å². The predicted octanol–water partition coefficient (Wildman–Crippen LogP) is 3.16. The Bertz CT molecular complexity index is 710. The van der Waals surface area contributed by atoms with E-state index in [1.165, 1.54) is 30.3 Å². The first kappa shape index (κ1) is 14.5. The van der Waals surface area contributed by atoms with Gasteiger partial charge in [0.05, 0.1) is 17.3 Å². The molecule has 0 saturated heterocycles. The Balaban J connectivity index is 1.96. The van der Waals surface area contributed by atoms with E-state index in [2.05, 4.69) is 10.6 Å². The number of urea groups is 1. The number of para-hydroxylation sites is 1. The van der Waals surface area contributed by atoms with E-state index >= 15 is 0 Å². The SMILES string of the molecule is N#Cc1ccc(CNC(=O)Nc2ccccc2F)c(F)c1. The van der Waals surface area contributed by atoms with E-state index in [1.54, 1.807) is 6.07 Å². The van der Waals surface area contributed by atoms with Gasteiger partial charge >= 0.3 is 6.03 Å². The third kappa shape index (κ3) is 3.76. The lowest BCUT2D eigenvalue weighted by Gasteiger charge is -2.09. The predicted molar refractivity (Wildman–Crippen MR) is 73.4 cm³/mol. The van der Waals surface area contributed by atoms with Crippen molar-refractivity contribution in [2.24, 2.45) is 0 Å². The third-order valence-electron chi connectivity index (χ3n) is 2.74. The molecule has 0 bridgehead atoms. The molecule has 0 fully saturated rings. The number of benzene rings is 2. The Labute approximate surface area is 120 Å². The zero-order valence-electron chi connectivity index (χ0n) is 10.9. The van der Waals surface area contributed by atoms with Crippen molar-refractivity contribution in [3.8, 4) is 6.07 Å². The van der Waals surface area contributed by atoms with Gasteiger partial charge in [-0.2, -0.15) is 5.26 Å². The van der Waals surface area contributed by atoms with E-state index in [0.29, 0.717) is 0 Å². The van der Waals surface area contributed by atoms with Gasteiger partial charge < -0.3 is 10.6 Å². The number of carbonyl (C=O) groups excluding carboxylic acids is 1. The monoisotopic (exact) mass is 287 g/mol. The van der Waals surface area contributed by atoms with Gasteiger partial charge in [-0.15, -0.1) is 0 Å². The summed E-state index contributed by atoms with van der Waals surface area (Å²) in [5.74, 6) is -1.14. The molecule has 2 aromatic carbocycles. The number of hydrogen-bond acceptors (Lipinski definition) is 2. The van der Waals surface area contributed by atoms with E-state index in [9.17, 15) is 13.6 Å². The van der Waals surface area contributed by atoms with E-state index in [1.807, 2.05) is 6.07 Å². The molecule has 0 spiro atoms. The molecule has 0 unspecified atom stereocenters. The highest BCUT2D eigenvalue weighted by Crippen LogP contribution is 2.12. The Morgan fingerprint density at radius 1 is 1.14 bits per heavy atom. The number of hydrogen-bond donors (Lipinski definition) is 2. The van der Waals surface area contributed by atoms with Crippen molar-refractivity contribution in [1.82, 2.24) is 5.32 Å². The average Bonchev–Trinajstić information content (AvgIpc) is 2.48. The van der Waals surface area contributed by atoms with Crippen LogP contribution in [0.25, 0.3) is 0 Å². The first-order chi connectivity index (χ1) is 10.1. The molecule has 2 rings (SSSR count). The second-order valence-corrected chi connectivity index (χ2v) is 4.21. The smallest absolute Gasteiger partial charge is 0.319 e. The molecular formula is C15H11F2N3O. The molecule has 106 valence electrons. The molecule has 0 aromatic heterocycles. The van der Waals surface area contributed by atoms with Gasteiger partial charge in [-0.05, 0) is 24.3 Å². The van der Waals surface area contributed by atoms with E-state index < -0.39 is 17.7 Å². The van der Waals surface area contributed by atoms with E-state index in [4.69, 9.17) is 5.26 Å². The number of carbonyl (C=O) groups is 1.